The zero-order valence-corrected chi connectivity index (χ0v) is 21.4. The fraction of sp³-hybridized carbons (Fsp3) is 0.296. The highest BCUT2D eigenvalue weighted by molar-refractivity contribution is 8.16. The average Bonchev–Trinajstić information content (AvgIpc) is 3.67. The van der Waals surface area contributed by atoms with Crippen LogP contribution < -0.4 is 15.4 Å². The number of rotatable bonds is 7. The lowest BCUT2D eigenvalue weighted by Gasteiger charge is -2.29. The van der Waals surface area contributed by atoms with Gasteiger partial charge in [-0.1, -0.05) is 30.0 Å². The van der Waals surface area contributed by atoms with Crippen LogP contribution in [0.15, 0.2) is 70.7 Å². The topological polar surface area (TPSA) is 97.9 Å². The number of hydrogen-bond donors (Lipinski definition) is 3. The van der Waals surface area contributed by atoms with E-state index < -0.39 is 0 Å². The molecule has 3 N–H and O–H groups in total. The van der Waals surface area contributed by atoms with E-state index in [4.69, 9.17) is 9.73 Å². The number of anilines is 1. The van der Waals surface area contributed by atoms with Gasteiger partial charge < -0.3 is 20.3 Å². The Labute approximate surface area is 220 Å². The number of aromatic amines is 1. The van der Waals surface area contributed by atoms with E-state index in [2.05, 4.69) is 36.0 Å². The predicted octanol–water partition coefficient (Wildman–Crippen LogP) is 3.54. The number of benzene rings is 2. The highest BCUT2D eigenvalue weighted by Crippen LogP contribution is 2.39. The molecular weight excluding hydrogens is 486 g/mol. The molecule has 3 aromatic rings. The van der Waals surface area contributed by atoms with Crippen molar-refractivity contribution in [2.75, 3.05) is 51.7 Å². The Bertz CT molecular complexity index is 1340. The fourth-order valence-electron chi connectivity index (χ4n) is 4.84. The number of piperazine rings is 1. The maximum Gasteiger partial charge on any atom is 0.273 e. The molecule has 37 heavy (non-hydrogen) atoms. The molecule has 0 spiro atoms. The van der Waals surface area contributed by atoms with Crippen LogP contribution in [0.25, 0.3) is 11.3 Å². The number of methoxy groups -OCH3 is 1. The number of H-pyrrole nitrogens is 1. The van der Waals surface area contributed by atoms with Crippen molar-refractivity contribution in [3.05, 3.63) is 77.0 Å². The number of carbonyl (C=O) groups is 1. The molecule has 3 aliphatic rings. The molecule has 1 fully saturated rings. The lowest BCUT2D eigenvalue weighted by molar-refractivity contribution is 0.102. The third-order valence-corrected chi connectivity index (χ3v) is 7.80. The summed E-state index contributed by atoms with van der Waals surface area (Å²) in [5.74, 6) is 0.536. The molecule has 10 heteroatoms. The molecule has 0 aliphatic carbocycles. The van der Waals surface area contributed by atoms with Gasteiger partial charge in [0.15, 0.2) is 5.17 Å². The SMILES string of the molecule is COc1ccc(-c2cc(C(=O)Nc3ccccc3C3CN4C(CN5CCNCC5)=CSC4=N3)[nH]n2)cc1. The van der Waals surface area contributed by atoms with Gasteiger partial charge in [-0.25, -0.2) is 0 Å². The monoisotopic (exact) mass is 515 g/mol. The summed E-state index contributed by atoms with van der Waals surface area (Å²) < 4.78 is 5.22. The predicted molar refractivity (Wildman–Crippen MR) is 147 cm³/mol. The Morgan fingerprint density at radius 3 is 2.78 bits per heavy atom. The first-order valence-corrected chi connectivity index (χ1v) is 13.3. The second-order valence-corrected chi connectivity index (χ2v) is 10.1. The number of nitrogens with zero attached hydrogens (tertiary/aromatic N) is 4. The van der Waals surface area contributed by atoms with Gasteiger partial charge in [0.25, 0.3) is 5.91 Å². The molecule has 4 heterocycles. The van der Waals surface area contributed by atoms with Crippen molar-refractivity contribution < 1.29 is 9.53 Å². The molecular formula is C27H29N7O2S. The van der Waals surface area contributed by atoms with Gasteiger partial charge in [0.1, 0.15) is 11.4 Å². The van der Waals surface area contributed by atoms with Crippen molar-refractivity contribution in [3.8, 4) is 17.0 Å². The first-order chi connectivity index (χ1) is 18.2. The minimum absolute atomic E-state index is 0.0395. The normalized spacial score (nSPS) is 19.4. The van der Waals surface area contributed by atoms with E-state index >= 15 is 0 Å². The molecule has 0 bridgehead atoms. The van der Waals surface area contributed by atoms with Crippen LogP contribution in [0.5, 0.6) is 5.75 Å². The van der Waals surface area contributed by atoms with Crippen LogP contribution in [0.3, 0.4) is 0 Å². The van der Waals surface area contributed by atoms with Gasteiger partial charge in [-0.2, -0.15) is 5.10 Å². The highest BCUT2D eigenvalue weighted by Gasteiger charge is 2.34. The number of aromatic nitrogens is 2. The van der Waals surface area contributed by atoms with Crippen LogP contribution in [0.2, 0.25) is 0 Å². The van der Waals surface area contributed by atoms with E-state index in [-0.39, 0.29) is 11.9 Å². The Kier molecular flexibility index (Phi) is 6.69. The zero-order valence-electron chi connectivity index (χ0n) is 20.6. The third-order valence-electron chi connectivity index (χ3n) is 6.87. The molecule has 9 nitrogen and oxygen atoms in total. The van der Waals surface area contributed by atoms with Gasteiger partial charge in [0.05, 0.1) is 25.4 Å². The minimum atomic E-state index is -0.237. The molecule has 1 amide bonds. The maximum atomic E-state index is 13.1. The summed E-state index contributed by atoms with van der Waals surface area (Å²) in [6, 6.07) is 17.2. The number of thioether (sulfide) groups is 1. The summed E-state index contributed by atoms with van der Waals surface area (Å²) in [6.45, 7) is 5.92. The number of amidine groups is 1. The van der Waals surface area contributed by atoms with Crippen LogP contribution in [-0.2, 0) is 0 Å². The van der Waals surface area contributed by atoms with Crippen LogP contribution in [-0.4, -0.2) is 77.5 Å². The minimum Gasteiger partial charge on any atom is -0.497 e. The van der Waals surface area contributed by atoms with Crippen molar-refractivity contribution in [2.24, 2.45) is 4.99 Å². The summed E-state index contributed by atoms with van der Waals surface area (Å²) in [7, 11) is 1.63. The zero-order chi connectivity index (χ0) is 25.2. The number of para-hydroxylation sites is 1. The first-order valence-electron chi connectivity index (χ1n) is 12.4. The van der Waals surface area contributed by atoms with E-state index in [1.54, 1.807) is 24.9 Å². The van der Waals surface area contributed by atoms with E-state index in [0.717, 1.165) is 67.0 Å². The number of fused-ring (bicyclic) bond motifs is 1. The van der Waals surface area contributed by atoms with Crippen LogP contribution in [0.1, 0.15) is 22.1 Å². The number of aliphatic imine (C=N–C) groups is 1. The molecule has 1 aromatic heterocycles. The van der Waals surface area contributed by atoms with Gasteiger partial charge in [-0.3, -0.25) is 19.8 Å². The number of amides is 1. The molecule has 190 valence electrons. The number of carbonyl (C=O) groups excluding carboxylic acids is 1. The molecule has 0 radical (unpaired) electrons. The van der Waals surface area contributed by atoms with Gasteiger partial charge in [0.2, 0.25) is 0 Å². The number of nitrogens with one attached hydrogen (secondary N) is 3. The maximum absolute atomic E-state index is 13.1. The van der Waals surface area contributed by atoms with E-state index in [9.17, 15) is 4.79 Å². The lowest BCUT2D eigenvalue weighted by atomic mass is 10.0. The molecule has 1 unspecified atom stereocenters. The van der Waals surface area contributed by atoms with Crippen molar-refractivity contribution in [3.63, 3.8) is 0 Å². The molecule has 1 atom stereocenters. The van der Waals surface area contributed by atoms with Gasteiger partial charge in [-0.05, 0) is 41.8 Å². The Morgan fingerprint density at radius 1 is 1.16 bits per heavy atom. The van der Waals surface area contributed by atoms with E-state index in [1.165, 1.54) is 5.70 Å². The fourth-order valence-corrected chi connectivity index (χ4v) is 5.79. The average molecular weight is 516 g/mol. The van der Waals surface area contributed by atoms with Crippen LogP contribution in [0, 0.1) is 0 Å². The quantitative estimate of drug-likeness (QED) is 0.443. The van der Waals surface area contributed by atoms with Crippen LogP contribution >= 0.6 is 11.8 Å². The summed E-state index contributed by atoms with van der Waals surface area (Å²) in [4.78, 5) is 22.9. The number of hydrogen-bond acceptors (Lipinski definition) is 8. The van der Waals surface area contributed by atoms with Crippen molar-refractivity contribution in [1.82, 2.24) is 25.3 Å². The highest BCUT2D eigenvalue weighted by atomic mass is 32.2. The molecule has 6 rings (SSSR count). The van der Waals surface area contributed by atoms with Crippen molar-refractivity contribution >= 4 is 28.5 Å². The molecule has 3 aliphatic heterocycles. The molecule has 0 saturated carbocycles. The van der Waals surface area contributed by atoms with Gasteiger partial charge in [0, 0.05) is 55.2 Å². The van der Waals surface area contributed by atoms with Crippen molar-refractivity contribution in [2.45, 2.75) is 6.04 Å². The molecule has 1 saturated heterocycles. The summed E-state index contributed by atoms with van der Waals surface area (Å²) in [6.07, 6.45) is 0. The van der Waals surface area contributed by atoms with E-state index in [0.29, 0.717) is 11.4 Å². The van der Waals surface area contributed by atoms with Crippen molar-refractivity contribution in [1.29, 1.82) is 0 Å². The Morgan fingerprint density at radius 2 is 1.97 bits per heavy atom. The number of ether oxygens (including phenoxy) is 1. The third kappa shape index (κ3) is 5.00. The largest absolute Gasteiger partial charge is 0.497 e. The standard InChI is InChI=1S/C27H29N7O2S/c1-36-20-8-6-18(7-9-20)23-14-24(32-31-23)26(35)29-22-5-3-2-4-21(22)25-16-34-19(17-37-27(34)30-25)15-33-12-10-28-11-13-33/h2-9,14,17,25,28H,10-13,15-16H2,1H3,(H,29,35)(H,31,32). The Hall–Kier alpha value is -3.60. The van der Waals surface area contributed by atoms with Gasteiger partial charge >= 0.3 is 0 Å². The second-order valence-electron chi connectivity index (χ2n) is 9.23. The summed E-state index contributed by atoms with van der Waals surface area (Å²) in [5.41, 5.74) is 5.08. The summed E-state index contributed by atoms with van der Waals surface area (Å²) >= 11 is 1.69. The van der Waals surface area contributed by atoms with Gasteiger partial charge in [-0.15, -0.1) is 0 Å². The Balaban J connectivity index is 1.14. The first kappa shape index (κ1) is 23.8. The van der Waals surface area contributed by atoms with Crippen LogP contribution in [0.4, 0.5) is 5.69 Å². The smallest absolute Gasteiger partial charge is 0.273 e. The molecule has 2 aromatic carbocycles. The summed E-state index contributed by atoms with van der Waals surface area (Å²) in [5, 5.41) is 16.9. The van der Waals surface area contributed by atoms with E-state index in [1.807, 2.05) is 48.5 Å². The second kappa shape index (κ2) is 10.4. The lowest BCUT2D eigenvalue weighted by Crippen LogP contribution is -2.45.